The lowest BCUT2D eigenvalue weighted by molar-refractivity contribution is -0.384. The van der Waals surface area contributed by atoms with Crippen LogP contribution < -0.4 is 0 Å². The minimum absolute atomic E-state index is 0.0195. The number of carbonyl (C=O) groups excluding carboxylic acids is 2. The molecule has 6 nitrogen and oxygen atoms in total. The van der Waals surface area contributed by atoms with Crippen LogP contribution in [0.2, 0.25) is 0 Å². The zero-order valence-corrected chi connectivity index (χ0v) is 11.2. The van der Waals surface area contributed by atoms with E-state index in [1.165, 1.54) is 36.4 Å². The van der Waals surface area contributed by atoms with Gasteiger partial charge in [0.1, 0.15) is 6.42 Å². The summed E-state index contributed by atoms with van der Waals surface area (Å²) in [4.78, 5) is 32.7. The van der Waals surface area contributed by atoms with Gasteiger partial charge in [0.15, 0.2) is 5.78 Å². The molecule has 0 fully saturated rings. The predicted octanol–water partition coefficient (Wildman–Crippen LogP) is 2.52. The largest absolute Gasteiger partial charge is 0.463 e. The maximum absolute atomic E-state index is 11.5. The molecule has 0 bridgehead atoms. The van der Waals surface area contributed by atoms with E-state index in [4.69, 9.17) is 4.74 Å². The standard InChI is InChI=1S/C14H15NO5/c1-10(2)20-14(17)9-13(16)8-5-11-3-6-12(7-4-11)15(18)19/h3-8,10H,9H2,1-2H3. The zero-order chi connectivity index (χ0) is 15.1. The summed E-state index contributed by atoms with van der Waals surface area (Å²) < 4.78 is 4.85. The van der Waals surface area contributed by atoms with Gasteiger partial charge in [-0.1, -0.05) is 6.08 Å². The smallest absolute Gasteiger partial charge is 0.313 e. The first kappa shape index (κ1) is 15.6. The van der Waals surface area contributed by atoms with Crippen LogP contribution in [0.5, 0.6) is 0 Å². The van der Waals surface area contributed by atoms with Crippen molar-refractivity contribution in [2.75, 3.05) is 0 Å². The van der Waals surface area contributed by atoms with Gasteiger partial charge in [-0.2, -0.15) is 0 Å². The minimum atomic E-state index is -0.571. The van der Waals surface area contributed by atoms with E-state index in [0.717, 1.165) is 0 Å². The number of ketones is 1. The molecule has 0 radical (unpaired) electrons. The average molecular weight is 277 g/mol. The van der Waals surface area contributed by atoms with Gasteiger partial charge in [-0.15, -0.1) is 0 Å². The first-order valence-corrected chi connectivity index (χ1v) is 6.03. The molecule has 0 spiro atoms. The van der Waals surface area contributed by atoms with Crippen molar-refractivity contribution < 1.29 is 19.2 Å². The Bertz CT molecular complexity index is 531. The zero-order valence-electron chi connectivity index (χ0n) is 11.2. The van der Waals surface area contributed by atoms with Gasteiger partial charge in [0.2, 0.25) is 0 Å². The van der Waals surface area contributed by atoms with E-state index in [1.54, 1.807) is 13.8 Å². The number of rotatable bonds is 6. The van der Waals surface area contributed by atoms with Crippen LogP contribution >= 0.6 is 0 Å². The Morgan fingerprint density at radius 2 is 1.90 bits per heavy atom. The van der Waals surface area contributed by atoms with Crippen LogP contribution in [0.3, 0.4) is 0 Å². The Morgan fingerprint density at radius 3 is 2.40 bits per heavy atom. The van der Waals surface area contributed by atoms with Crippen molar-refractivity contribution in [2.45, 2.75) is 26.4 Å². The second kappa shape index (κ2) is 7.18. The summed E-state index contributed by atoms with van der Waals surface area (Å²) in [6.45, 7) is 3.41. The molecule has 0 aromatic heterocycles. The molecular formula is C14H15NO5. The summed E-state index contributed by atoms with van der Waals surface area (Å²) in [7, 11) is 0. The Labute approximate surface area is 116 Å². The van der Waals surface area contributed by atoms with E-state index in [9.17, 15) is 19.7 Å². The summed E-state index contributed by atoms with van der Waals surface area (Å²) >= 11 is 0. The van der Waals surface area contributed by atoms with Crippen molar-refractivity contribution in [3.8, 4) is 0 Å². The second-order valence-electron chi connectivity index (χ2n) is 4.36. The molecule has 0 aliphatic heterocycles. The van der Waals surface area contributed by atoms with Crippen molar-refractivity contribution in [3.05, 3.63) is 46.0 Å². The predicted molar refractivity (Wildman–Crippen MR) is 73.0 cm³/mol. The molecule has 0 atom stereocenters. The van der Waals surface area contributed by atoms with Gasteiger partial charge in [-0.05, 0) is 37.6 Å². The number of allylic oxidation sites excluding steroid dienone is 1. The molecule has 0 aliphatic rings. The van der Waals surface area contributed by atoms with Crippen LogP contribution in [0.25, 0.3) is 6.08 Å². The second-order valence-corrected chi connectivity index (χ2v) is 4.36. The number of hydrogen-bond acceptors (Lipinski definition) is 5. The molecule has 0 saturated carbocycles. The lowest BCUT2D eigenvalue weighted by Crippen LogP contribution is -2.14. The number of benzene rings is 1. The lowest BCUT2D eigenvalue weighted by Gasteiger charge is -2.05. The van der Waals surface area contributed by atoms with Crippen LogP contribution in [-0.4, -0.2) is 22.8 Å². The van der Waals surface area contributed by atoms with E-state index >= 15 is 0 Å². The Hall–Kier alpha value is -2.50. The minimum Gasteiger partial charge on any atom is -0.463 e. The summed E-state index contributed by atoms with van der Waals surface area (Å²) in [5.41, 5.74) is 0.621. The highest BCUT2D eigenvalue weighted by Gasteiger charge is 2.09. The summed E-state index contributed by atoms with van der Waals surface area (Å²) in [6, 6.07) is 5.73. The van der Waals surface area contributed by atoms with Crippen LogP contribution in [-0.2, 0) is 14.3 Å². The highest BCUT2D eigenvalue weighted by atomic mass is 16.6. The molecule has 0 saturated heterocycles. The highest BCUT2D eigenvalue weighted by molar-refractivity contribution is 6.03. The van der Waals surface area contributed by atoms with Crippen molar-refractivity contribution in [2.24, 2.45) is 0 Å². The van der Waals surface area contributed by atoms with Gasteiger partial charge < -0.3 is 4.74 Å². The average Bonchev–Trinajstić information content (AvgIpc) is 2.35. The van der Waals surface area contributed by atoms with Gasteiger partial charge in [-0.3, -0.25) is 19.7 Å². The molecule has 1 aromatic carbocycles. The SMILES string of the molecule is CC(C)OC(=O)CC(=O)C=Cc1ccc([N+](=O)[O-])cc1. The molecule has 0 heterocycles. The molecule has 20 heavy (non-hydrogen) atoms. The van der Waals surface area contributed by atoms with Gasteiger partial charge in [0.25, 0.3) is 5.69 Å². The quantitative estimate of drug-likeness (QED) is 0.262. The molecular weight excluding hydrogens is 262 g/mol. The molecule has 0 amide bonds. The number of ether oxygens (including phenoxy) is 1. The number of nitro groups is 1. The van der Waals surface area contributed by atoms with Crippen LogP contribution in [0.15, 0.2) is 30.3 Å². The van der Waals surface area contributed by atoms with E-state index in [0.29, 0.717) is 5.56 Å². The van der Waals surface area contributed by atoms with E-state index in [1.807, 2.05) is 0 Å². The third kappa shape index (κ3) is 5.43. The van der Waals surface area contributed by atoms with Gasteiger partial charge in [0.05, 0.1) is 11.0 Å². The van der Waals surface area contributed by atoms with Crippen LogP contribution in [0.4, 0.5) is 5.69 Å². The summed E-state index contributed by atoms with van der Waals surface area (Å²) in [5.74, 6) is -0.952. The molecule has 0 N–H and O–H groups in total. The maximum atomic E-state index is 11.5. The van der Waals surface area contributed by atoms with E-state index in [-0.39, 0.29) is 24.0 Å². The first-order valence-electron chi connectivity index (χ1n) is 6.03. The summed E-state index contributed by atoms with van der Waals surface area (Å²) in [5, 5.41) is 10.5. The van der Waals surface area contributed by atoms with E-state index in [2.05, 4.69) is 0 Å². The third-order valence-corrected chi connectivity index (χ3v) is 2.25. The monoisotopic (exact) mass is 277 g/mol. The fraction of sp³-hybridized carbons (Fsp3) is 0.286. The third-order valence-electron chi connectivity index (χ3n) is 2.25. The van der Waals surface area contributed by atoms with E-state index < -0.39 is 10.9 Å². The van der Waals surface area contributed by atoms with Gasteiger partial charge >= 0.3 is 5.97 Å². The van der Waals surface area contributed by atoms with Gasteiger partial charge in [-0.25, -0.2) is 0 Å². The first-order chi connectivity index (χ1) is 9.38. The molecule has 1 rings (SSSR count). The lowest BCUT2D eigenvalue weighted by atomic mass is 10.1. The Morgan fingerprint density at radius 1 is 1.30 bits per heavy atom. The number of nitrogens with zero attached hydrogens (tertiary/aromatic N) is 1. The van der Waals surface area contributed by atoms with Crippen LogP contribution in [0.1, 0.15) is 25.8 Å². The molecule has 0 unspecified atom stereocenters. The number of hydrogen-bond donors (Lipinski definition) is 0. The topological polar surface area (TPSA) is 86.5 Å². The molecule has 0 aliphatic carbocycles. The maximum Gasteiger partial charge on any atom is 0.313 e. The normalized spacial score (nSPS) is 10.8. The van der Waals surface area contributed by atoms with Crippen LogP contribution in [0, 0.1) is 10.1 Å². The molecule has 106 valence electrons. The summed E-state index contributed by atoms with van der Waals surface area (Å²) in [6.07, 6.45) is 2.17. The fourth-order valence-electron chi connectivity index (χ4n) is 1.40. The Balaban J connectivity index is 2.57. The highest BCUT2D eigenvalue weighted by Crippen LogP contribution is 2.12. The number of esters is 1. The van der Waals surface area contributed by atoms with Gasteiger partial charge in [0, 0.05) is 12.1 Å². The van der Waals surface area contributed by atoms with Crippen molar-refractivity contribution in [1.29, 1.82) is 0 Å². The molecule has 6 heteroatoms. The van der Waals surface area contributed by atoms with Crippen molar-refractivity contribution in [1.82, 2.24) is 0 Å². The van der Waals surface area contributed by atoms with Crippen molar-refractivity contribution in [3.63, 3.8) is 0 Å². The number of non-ortho nitro benzene ring substituents is 1. The fourth-order valence-corrected chi connectivity index (χ4v) is 1.40. The van der Waals surface area contributed by atoms with Crippen molar-refractivity contribution >= 4 is 23.5 Å². The molecule has 1 aromatic rings. The number of nitro benzene ring substituents is 1. The number of carbonyl (C=O) groups is 2. The Kier molecular flexibility index (Phi) is 5.58.